The molecule has 1 atom stereocenters. The number of ether oxygens (including phenoxy) is 1. The van der Waals surface area contributed by atoms with E-state index in [9.17, 15) is 20.0 Å². The van der Waals surface area contributed by atoms with E-state index in [0.29, 0.717) is 6.54 Å². The molecule has 1 amide bonds. The number of β-amino-alcohol motifs (C(OH)–C–C–N with tert-alkyl or cyclic N) is 1. The van der Waals surface area contributed by atoms with Gasteiger partial charge in [-0.2, -0.15) is 0 Å². The summed E-state index contributed by atoms with van der Waals surface area (Å²) in [5.74, 6) is 0.397. The minimum Gasteiger partial charge on any atom is -0.497 e. The van der Waals surface area contributed by atoms with Crippen LogP contribution in [0.15, 0.2) is 54.7 Å². The molecule has 1 saturated heterocycles. The van der Waals surface area contributed by atoms with E-state index in [1.54, 1.807) is 25.4 Å². The lowest BCUT2D eigenvalue weighted by molar-refractivity contribution is -0.383. The smallest absolute Gasteiger partial charge is 0.292 e. The standard InChI is InChI=1S/C25H29N5O5/c1-35-18-6-7-21-20(14-18)19(8-11-26-21)24(31)16-29-12-9-17(10-13-29)27-15-25(32)28-22-4-2-3-5-23(22)30(33)34/h2-8,11,14,17,24,27,31H,9-10,12-13,15-16H2,1H3,(H,28,32)/t24-/m1/s1. The summed E-state index contributed by atoms with van der Waals surface area (Å²) in [6.45, 7) is 2.14. The summed E-state index contributed by atoms with van der Waals surface area (Å²) in [6.07, 6.45) is 2.70. The second kappa shape index (κ2) is 11.2. The van der Waals surface area contributed by atoms with Crippen molar-refractivity contribution in [1.82, 2.24) is 15.2 Å². The highest BCUT2D eigenvalue weighted by atomic mass is 16.6. The number of benzene rings is 2. The SMILES string of the molecule is COc1ccc2nccc([C@H](O)CN3CCC(NCC(=O)Nc4ccccc4[N+](=O)[O-])CC3)c2c1. The number of carbonyl (C=O) groups excluding carboxylic acids is 1. The van der Waals surface area contributed by atoms with Crippen molar-refractivity contribution in [3.8, 4) is 5.75 Å². The van der Waals surface area contributed by atoms with Crippen LogP contribution in [0.2, 0.25) is 0 Å². The second-order valence-electron chi connectivity index (χ2n) is 8.58. The molecule has 1 fully saturated rings. The van der Waals surface area contributed by atoms with Crippen LogP contribution in [0.3, 0.4) is 0 Å². The van der Waals surface area contributed by atoms with Crippen molar-refractivity contribution in [2.24, 2.45) is 0 Å². The Balaban J connectivity index is 1.26. The predicted molar refractivity (Wildman–Crippen MR) is 132 cm³/mol. The number of nitro benzene ring substituents is 1. The molecule has 0 spiro atoms. The zero-order chi connectivity index (χ0) is 24.8. The fourth-order valence-corrected chi connectivity index (χ4v) is 4.40. The molecule has 35 heavy (non-hydrogen) atoms. The molecule has 4 rings (SSSR count). The highest BCUT2D eigenvalue weighted by Gasteiger charge is 2.23. The first-order valence-electron chi connectivity index (χ1n) is 11.5. The number of nitrogens with one attached hydrogen (secondary N) is 2. The van der Waals surface area contributed by atoms with Crippen LogP contribution < -0.4 is 15.4 Å². The van der Waals surface area contributed by atoms with Gasteiger partial charge in [0.2, 0.25) is 5.91 Å². The minimum atomic E-state index is -0.662. The molecule has 1 aliphatic heterocycles. The van der Waals surface area contributed by atoms with Gasteiger partial charge in [0.25, 0.3) is 5.69 Å². The third kappa shape index (κ3) is 6.10. The molecule has 10 heteroatoms. The third-order valence-electron chi connectivity index (χ3n) is 6.29. The largest absolute Gasteiger partial charge is 0.497 e. The molecule has 3 aromatic rings. The van der Waals surface area contributed by atoms with Gasteiger partial charge >= 0.3 is 0 Å². The number of aliphatic hydroxyl groups is 1. The fraction of sp³-hybridized carbons (Fsp3) is 0.360. The van der Waals surface area contributed by atoms with Crippen LogP contribution in [0.4, 0.5) is 11.4 Å². The van der Waals surface area contributed by atoms with Crippen LogP contribution in [0.5, 0.6) is 5.75 Å². The average molecular weight is 480 g/mol. The lowest BCUT2D eigenvalue weighted by Crippen LogP contribution is -2.45. The van der Waals surface area contributed by atoms with Crippen molar-refractivity contribution in [3.63, 3.8) is 0 Å². The van der Waals surface area contributed by atoms with Crippen LogP contribution >= 0.6 is 0 Å². The van der Waals surface area contributed by atoms with Gasteiger partial charge in [0.05, 0.1) is 30.2 Å². The van der Waals surface area contributed by atoms with Gasteiger partial charge in [-0.05, 0) is 61.8 Å². The van der Waals surface area contributed by atoms with E-state index in [1.807, 2.05) is 24.3 Å². The number of aliphatic hydroxyl groups excluding tert-OH is 1. The van der Waals surface area contributed by atoms with Gasteiger partial charge in [0, 0.05) is 30.2 Å². The number of methoxy groups -OCH3 is 1. The normalized spacial score (nSPS) is 15.6. The number of rotatable bonds is 9. The Labute approximate surface area is 203 Å². The molecule has 0 unspecified atom stereocenters. The summed E-state index contributed by atoms with van der Waals surface area (Å²) < 4.78 is 5.32. The first-order chi connectivity index (χ1) is 16.9. The maximum Gasteiger partial charge on any atom is 0.292 e. The zero-order valence-electron chi connectivity index (χ0n) is 19.5. The summed E-state index contributed by atoms with van der Waals surface area (Å²) in [5.41, 5.74) is 1.69. The molecule has 1 aromatic heterocycles. The highest BCUT2D eigenvalue weighted by molar-refractivity contribution is 5.94. The van der Waals surface area contributed by atoms with Crippen LogP contribution in [0, 0.1) is 10.1 Å². The van der Waals surface area contributed by atoms with Gasteiger partial charge in [-0.25, -0.2) is 0 Å². The van der Waals surface area contributed by atoms with Gasteiger partial charge in [-0.3, -0.25) is 19.9 Å². The number of para-hydroxylation sites is 2. The number of anilines is 1. The Morgan fingerprint density at radius 3 is 2.77 bits per heavy atom. The van der Waals surface area contributed by atoms with E-state index in [1.165, 1.54) is 12.1 Å². The van der Waals surface area contributed by atoms with Crippen LogP contribution in [-0.4, -0.2) is 65.2 Å². The van der Waals surface area contributed by atoms with E-state index in [4.69, 9.17) is 4.74 Å². The van der Waals surface area contributed by atoms with E-state index in [2.05, 4.69) is 20.5 Å². The molecule has 0 radical (unpaired) electrons. The summed E-state index contributed by atoms with van der Waals surface area (Å²) in [4.78, 5) is 29.5. The summed E-state index contributed by atoms with van der Waals surface area (Å²) in [6, 6.07) is 13.7. The Morgan fingerprint density at radius 1 is 1.26 bits per heavy atom. The van der Waals surface area contributed by atoms with Gasteiger partial charge < -0.3 is 25.4 Å². The lowest BCUT2D eigenvalue weighted by atomic mass is 10.0. The molecule has 2 heterocycles. The predicted octanol–water partition coefficient (Wildman–Crippen LogP) is 2.88. The molecule has 3 N–H and O–H groups in total. The van der Waals surface area contributed by atoms with Gasteiger partial charge in [-0.1, -0.05) is 12.1 Å². The quantitative estimate of drug-likeness (QED) is 0.316. The molecule has 2 aromatic carbocycles. The number of nitrogens with zero attached hydrogens (tertiary/aromatic N) is 3. The molecule has 1 aliphatic rings. The maximum atomic E-state index is 12.3. The number of fused-ring (bicyclic) bond motifs is 1. The Hall–Kier alpha value is -3.60. The average Bonchev–Trinajstić information content (AvgIpc) is 2.87. The Bertz CT molecular complexity index is 1200. The number of nitro groups is 1. The maximum absolute atomic E-state index is 12.3. The molecule has 0 bridgehead atoms. The number of pyridine rings is 1. The van der Waals surface area contributed by atoms with Crippen molar-refractivity contribution >= 4 is 28.2 Å². The number of carbonyl (C=O) groups is 1. The highest BCUT2D eigenvalue weighted by Crippen LogP contribution is 2.28. The van der Waals surface area contributed by atoms with E-state index in [-0.39, 0.29) is 29.9 Å². The fourth-order valence-electron chi connectivity index (χ4n) is 4.40. The lowest BCUT2D eigenvalue weighted by Gasteiger charge is -2.33. The van der Waals surface area contributed by atoms with E-state index < -0.39 is 11.0 Å². The zero-order valence-corrected chi connectivity index (χ0v) is 19.5. The molecular weight excluding hydrogens is 450 g/mol. The van der Waals surface area contributed by atoms with Crippen LogP contribution in [0.25, 0.3) is 10.9 Å². The van der Waals surface area contributed by atoms with E-state index in [0.717, 1.165) is 48.1 Å². The number of piperidine rings is 1. The monoisotopic (exact) mass is 479 g/mol. The van der Waals surface area contributed by atoms with Crippen LogP contribution in [-0.2, 0) is 4.79 Å². The topological polar surface area (TPSA) is 130 Å². The molecule has 0 saturated carbocycles. The first kappa shape index (κ1) is 24.5. The van der Waals surface area contributed by atoms with Crippen molar-refractivity contribution in [1.29, 1.82) is 0 Å². The van der Waals surface area contributed by atoms with Crippen molar-refractivity contribution in [2.75, 3.05) is 38.6 Å². The van der Waals surface area contributed by atoms with Gasteiger partial charge in [0.1, 0.15) is 11.4 Å². The second-order valence-corrected chi connectivity index (χ2v) is 8.58. The minimum absolute atomic E-state index is 0.0736. The Kier molecular flexibility index (Phi) is 7.86. The van der Waals surface area contributed by atoms with Gasteiger partial charge in [0.15, 0.2) is 0 Å². The molecule has 184 valence electrons. The molecule has 0 aliphatic carbocycles. The number of amides is 1. The number of likely N-dealkylation sites (tertiary alicyclic amines) is 1. The first-order valence-corrected chi connectivity index (χ1v) is 11.5. The number of hydrogen-bond donors (Lipinski definition) is 3. The summed E-state index contributed by atoms with van der Waals surface area (Å²) in [5, 5.41) is 28.8. The summed E-state index contributed by atoms with van der Waals surface area (Å²) >= 11 is 0. The number of hydrogen-bond acceptors (Lipinski definition) is 8. The molecular formula is C25H29N5O5. The van der Waals surface area contributed by atoms with Crippen LogP contribution in [0.1, 0.15) is 24.5 Å². The Morgan fingerprint density at radius 2 is 2.03 bits per heavy atom. The van der Waals surface area contributed by atoms with E-state index >= 15 is 0 Å². The van der Waals surface area contributed by atoms with Crippen molar-refractivity contribution in [2.45, 2.75) is 25.0 Å². The summed E-state index contributed by atoms with van der Waals surface area (Å²) in [7, 11) is 1.61. The van der Waals surface area contributed by atoms with Crippen molar-refractivity contribution < 1.29 is 19.6 Å². The number of aromatic nitrogens is 1. The van der Waals surface area contributed by atoms with Gasteiger partial charge in [-0.15, -0.1) is 0 Å². The third-order valence-corrected chi connectivity index (χ3v) is 6.29. The van der Waals surface area contributed by atoms with Crippen molar-refractivity contribution in [3.05, 3.63) is 70.4 Å². The molecule has 10 nitrogen and oxygen atoms in total.